The van der Waals surface area contributed by atoms with E-state index in [4.69, 9.17) is 5.73 Å². The summed E-state index contributed by atoms with van der Waals surface area (Å²) in [5.41, 5.74) is 9.61. The van der Waals surface area contributed by atoms with E-state index in [0.717, 1.165) is 12.8 Å². The van der Waals surface area contributed by atoms with Crippen molar-refractivity contribution in [3.63, 3.8) is 0 Å². The summed E-state index contributed by atoms with van der Waals surface area (Å²) in [6.45, 7) is 0. The maximum atomic E-state index is 13.0. The summed E-state index contributed by atoms with van der Waals surface area (Å²) in [6, 6.07) is 0. The molecule has 2 rings (SSSR count). The van der Waals surface area contributed by atoms with E-state index >= 15 is 0 Å². The van der Waals surface area contributed by atoms with Gasteiger partial charge in [-0.15, -0.1) is 0 Å². The van der Waals surface area contributed by atoms with Gasteiger partial charge in [-0.1, -0.05) is 0 Å². The highest BCUT2D eigenvalue weighted by Gasteiger charge is 2.37. The molecule has 0 spiro atoms. The zero-order valence-electron chi connectivity index (χ0n) is 9.84. The highest BCUT2D eigenvalue weighted by Crippen LogP contribution is 2.34. The molecule has 104 valence electrons. The lowest BCUT2D eigenvalue weighted by Gasteiger charge is -2.20. The van der Waals surface area contributed by atoms with Gasteiger partial charge in [-0.2, -0.15) is 13.2 Å². The Bertz CT molecular complexity index is 503. The van der Waals surface area contributed by atoms with Crippen molar-refractivity contribution in [1.29, 1.82) is 0 Å². The SMILES string of the molecule is NC(=S)NNc1nc2c(c(C(F)(F)F)n1)CCCC2. The number of fused-ring (bicyclic) bond motifs is 1. The van der Waals surface area contributed by atoms with Crippen molar-refractivity contribution in [3.05, 3.63) is 17.0 Å². The fourth-order valence-electron chi connectivity index (χ4n) is 2.00. The molecule has 0 amide bonds. The van der Waals surface area contributed by atoms with Crippen LogP contribution in [0.25, 0.3) is 0 Å². The predicted octanol–water partition coefficient (Wildman–Crippen LogP) is 1.53. The summed E-state index contributed by atoms with van der Waals surface area (Å²) < 4.78 is 38.9. The molecule has 0 aliphatic heterocycles. The van der Waals surface area contributed by atoms with Crippen LogP contribution in [0.1, 0.15) is 29.8 Å². The number of rotatable bonds is 2. The number of hydrogen-bond acceptors (Lipinski definition) is 4. The Morgan fingerprint density at radius 2 is 1.89 bits per heavy atom. The van der Waals surface area contributed by atoms with Crippen LogP contribution in [0.2, 0.25) is 0 Å². The van der Waals surface area contributed by atoms with E-state index in [-0.39, 0.29) is 16.6 Å². The molecule has 9 heteroatoms. The number of hydrazine groups is 1. The number of aryl methyl sites for hydroxylation is 1. The quantitative estimate of drug-likeness (QED) is 0.567. The van der Waals surface area contributed by atoms with Gasteiger partial charge in [-0.25, -0.2) is 9.97 Å². The lowest BCUT2D eigenvalue weighted by molar-refractivity contribution is -0.142. The molecule has 0 aromatic carbocycles. The van der Waals surface area contributed by atoms with Gasteiger partial charge in [0.05, 0.1) is 0 Å². The second-order valence-corrected chi connectivity index (χ2v) is 4.58. The van der Waals surface area contributed by atoms with Crippen LogP contribution >= 0.6 is 12.2 Å². The molecule has 19 heavy (non-hydrogen) atoms. The van der Waals surface area contributed by atoms with Crippen molar-refractivity contribution in [2.24, 2.45) is 5.73 Å². The molecule has 0 unspecified atom stereocenters. The average Bonchev–Trinajstić information content (AvgIpc) is 2.34. The molecule has 1 aliphatic rings. The van der Waals surface area contributed by atoms with Crippen LogP contribution in [0.3, 0.4) is 0 Å². The molecule has 0 atom stereocenters. The first kappa shape index (κ1) is 13.8. The minimum atomic E-state index is -4.50. The largest absolute Gasteiger partial charge is 0.433 e. The maximum Gasteiger partial charge on any atom is 0.433 e. The number of halogens is 3. The fraction of sp³-hybridized carbons (Fsp3) is 0.500. The van der Waals surface area contributed by atoms with Gasteiger partial charge >= 0.3 is 6.18 Å². The number of alkyl halides is 3. The van der Waals surface area contributed by atoms with Gasteiger partial charge in [0.2, 0.25) is 5.95 Å². The molecule has 0 saturated carbocycles. The average molecular weight is 291 g/mol. The van der Waals surface area contributed by atoms with Crippen molar-refractivity contribution < 1.29 is 13.2 Å². The number of thiocarbonyl (C=S) groups is 1. The van der Waals surface area contributed by atoms with Gasteiger partial charge in [0.25, 0.3) is 0 Å². The van der Waals surface area contributed by atoms with E-state index < -0.39 is 11.9 Å². The van der Waals surface area contributed by atoms with Crippen molar-refractivity contribution in [3.8, 4) is 0 Å². The van der Waals surface area contributed by atoms with Crippen molar-refractivity contribution >= 4 is 23.3 Å². The molecule has 1 aliphatic carbocycles. The molecule has 1 aromatic heterocycles. The van der Waals surface area contributed by atoms with Gasteiger partial charge in [-0.3, -0.25) is 10.9 Å². The summed E-state index contributed by atoms with van der Waals surface area (Å²) in [6.07, 6.45) is -2.08. The van der Waals surface area contributed by atoms with Crippen LogP contribution in [0, 0.1) is 0 Å². The number of aromatic nitrogens is 2. The molecule has 4 N–H and O–H groups in total. The Labute approximate surface area is 112 Å². The van der Waals surface area contributed by atoms with Crippen LogP contribution in [0.15, 0.2) is 0 Å². The van der Waals surface area contributed by atoms with E-state index in [1.807, 2.05) is 0 Å². The fourth-order valence-corrected chi connectivity index (χ4v) is 2.05. The number of hydrogen-bond donors (Lipinski definition) is 3. The molecule has 0 radical (unpaired) electrons. The smallest absolute Gasteiger partial charge is 0.375 e. The van der Waals surface area contributed by atoms with Gasteiger partial charge < -0.3 is 5.73 Å². The van der Waals surface area contributed by atoms with E-state index in [1.54, 1.807) is 0 Å². The summed E-state index contributed by atoms with van der Waals surface area (Å²) in [5, 5.41) is -0.102. The van der Waals surface area contributed by atoms with Crippen LogP contribution in [0.4, 0.5) is 19.1 Å². The highest BCUT2D eigenvalue weighted by atomic mass is 32.1. The topological polar surface area (TPSA) is 75.9 Å². The molecule has 5 nitrogen and oxygen atoms in total. The lowest BCUT2D eigenvalue weighted by atomic mass is 9.94. The summed E-state index contributed by atoms with van der Waals surface area (Å²) in [4.78, 5) is 7.56. The minimum Gasteiger partial charge on any atom is -0.375 e. The minimum absolute atomic E-state index is 0.102. The number of nitrogens with one attached hydrogen (secondary N) is 2. The van der Waals surface area contributed by atoms with Crippen molar-refractivity contribution in [2.45, 2.75) is 31.9 Å². The van der Waals surface area contributed by atoms with E-state index in [0.29, 0.717) is 18.5 Å². The van der Waals surface area contributed by atoms with Gasteiger partial charge in [0, 0.05) is 11.3 Å². The predicted molar refractivity (Wildman–Crippen MR) is 67.2 cm³/mol. The Balaban J connectivity index is 2.39. The highest BCUT2D eigenvalue weighted by molar-refractivity contribution is 7.80. The third-order valence-electron chi connectivity index (χ3n) is 2.75. The molecule has 1 heterocycles. The molecule has 0 bridgehead atoms. The van der Waals surface area contributed by atoms with E-state index in [9.17, 15) is 13.2 Å². The second-order valence-electron chi connectivity index (χ2n) is 4.14. The van der Waals surface area contributed by atoms with Crippen LogP contribution < -0.4 is 16.6 Å². The molecular formula is C10H12F3N5S. The third kappa shape index (κ3) is 3.22. The molecule has 1 aromatic rings. The second kappa shape index (κ2) is 5.16. The Morgan fingerprint density at radius 1 is 1.21 bits per heavy atom. The summed E-state index contributed by atoms with van der Waals surface area (Å²) in [7, 11) is 0. The monoisotopic (exact) mass is 291 g/mol. The van der Waals surface area contributed by atoms with Crippen molar-refractivity contribution in [2.75, 3.05) is 5.43 Å². The standard InChI is InChI=1S/C10H12F3N5S/c11-10(12,13)7-5-3-1-2-4-6(5)15-9(16-7)18-17-8(14)19/h1-4H2,(H3,14,17,19)(H,15,16,18). The molecule has 0 saturated heterocycles. The molecular weight excluding hydrogens is 279 g/mol. The Morgan fingerprint density at radius 3 is 2.53 bits per heavy atom. The van der Waals surface area contributed by atoms with Gasteiger partial charge in [-0.05, 0) is 37.9 Å². The number of anilines is 1. The number of nitrogens with two attached hydrogens (primary N) is 1. The lowest BCUT2D eigenvalue weighted by Crippen LogP contribution is -2.35. The van der Waals surface area contributed by atoms with Gasteiger partial charge in [0.15, 0.2) is 10.8 Å². The summed E-state index contributed by atoms with van der Waals surface area (Å²) >= 11 is 4.55. The first-order valence-corrected chi connectivity index (χ1v) is 6.07. The summed E-state index contributed by atoms with van der Waals surface area (Å²) in [5.74, 6) is -0.180. The first-order valence-electron chi connectivity index (χ1n) is 5.66. The molecule has 0 fully saturated rings. The Kier molecular flexibility index (Phi) is 3.74. The third-order valence-corrected chi connectivity index (χ3v) is 2.85. The van der Waals surface area contributed by atoms with Crippen LogP contribution in [0.5, 0.6) is 0 Å². The van der Waals surface area contributed by atoms with Crippen LogP contribution in [-0.2, 0) is 19.0 Å². The maximum absolute atomic E-state index is 13.0. The Hall–Kier alpha value is -1.64. The number of nitrogens with zero attached hydrogens (tertiary/aromatic N) is 2. The van der Waals surface area contributed by atoms with Gasteiger partial charge in [0.1, 0.15) is 0 Å². The van der Waals surface area contributed by atoms with Crippen molar-refractivity contribution in [1.82, 2.24) is 15.4 Å². The van der Waals surface area contributed by atoms with E-state index in [2.05, 4.69) is 33.0 Å². The van der Waals surface area contributed by atoms with Crippen LogP contribution in [-0.4, -0.2) is 15.1 Å². The first-order chi connectivity index (χ1) is 8.88. The normalized spacial score (nSPS) is 14.7. The zero-order chi connectivity index (χ0) is 14.0. The zero-order valence-corrected chi connectivity index (χ0v) is 10.7. The van der Waals surface area contributed by atoms with E-state index in [1.165, 1.54) is 0 Å².